The average molecular weight is 580 g/mol. The summed E-state index contributed by atoms with van der Waals surface area (Å²) in [5.74, 6) is -1.51. The molecule has 0 aliphatic carbocycles. The third kappa shape index (κ3) is 5.58. The molecule has 3 amide bonds. The van der Waals surface area contributed by atoms with E-state index in [0.29, 0.717) is 11.8 Å². The SMILES string of the molecule is COc1ccc(C(F)(F)F)cc1NC(=O)CN1C(=O)S/C(=C\c2cc(C)n(-c3ccc4ccccc4c3)c2C)C1=O. The van der Waals surface area contributed by atoms with Crippen LogP contribution in [0.2, 0.25) is 0 Å². The summed E-state index contributed by atoms with van der Waals surface area (Å²) in [5.41, 5.74) is 2.27. The van der Waals surface area contributed by atoms with Gasteiger partial charge in [-0.2, -0.15) is 13.2 Å². The molecule has 4 aromatic rings. The Hall–Kier alpha value is -4.51. The van der Waals surface area contributed by atoms with Gasteiger partial charge in [-0.1, -0.05) is 30.3 Å². The van der Waals surface area contributed by atoms with Crippen molar-refractivity contribution in [1.29, 1.82) is 0 Å². The van der Waals surface area contributed by atoms with E-state index >= 15 is 0 Å². The van der Waals surface area contributed by atoms with Gasteiger partial charge >= 0.3 is 6.18 Å². The fourth-order valence-electron chi connectivity index (χ4n) is 4.74. The smallest absolute Gasteiger partial charge is 0.416 e. The zero-order valence-electron chi connectivity index (χ0n) is 22.2. The van der Waals surface area contributed by atoms with Crippen LogP contribution in [0, 0.1) is 13.8 Å². The van der Waals surface area contributed by atoms with Crippen molar-refractivity contribution in [2.75, 3.05) is 19.0 Å². The minimum atomic E-state index is -4.63. The van der Waals surface area contributed by atoms with E-state index in [4.69, 9.17) is 4.74 Å². The van der Waals surface area contributed by atoms with Crippen molar-refractivity contribution >= 4 is 51.4 Å². The Labute approximate surface area is 237 Å². The Bertz CT molecular complexity index is 1740. The number of carbonyl (C=O) groups is 3. The number of anilines is 1. The van der Waals surface area contributed by atoms with E-state index in [9.17, 15) is 27.6 Å². The van der Waals surface area contributed by atoms with Gasteiger partial charge in [0.15, 0.2) is 0 Å². The van der Waals surface area contributed by atoms with Crippen LogP contribution < -0.4 is 10.1 Å². The van der Waals surface area contributed by atoms with E-state index < -0.39 is 35.3 Å². The lowest BCUT2D eigenvalue weighted by Gasteiger charge is -2.16. The van der Waals surface area contributed by atoms with Crippen molar-refractivity contribution in [3.63, 3.8) is 0 Å². The predicted octanol–water partition coefficient (Wildman–Crippen LogP) is 6.95. The maximum Gasteiger partial charge on any atom is 0.416 e. The second-order valence-electron chi connectivity index (χ2n) is 9.42. The summed E-state index contributed by atoms with van der Waals surface area (Å²) < 4.78 is 46.5. The molecule has 0 atom stereocenters. The number of aryl methyl sites for hydroxylation is 1. The number of amides is 3. The van der Waals surface area contributed by atoms with Crippen molar-refractivity contribution in [1.82, 2.24) is 9.47 Å². The molecule has 1 N–H and O–H groups in total. The van der Waals surface area contributed by atoms with Crippen molar-refractivity contribution < 1.29 is 32.3 Å². The highest BCUT2D eigenvalue weighted by Gasteiger charge is 2.37. The molecule has 2 heterocycles. The quantitative estimate of drug-likeness (QED) is 0.250. The van der Waals surface area contributed by atoms with Gasteiger partial charge in [0.05, 0.1) is 23.3 Å². The molecule has 0 saturated carbocycles. The summed E-state index contributed by atoms with van der Waals surface area (Å²) in [7, 11) is 1.25. The normalized spacial score (nSPS) is 14.8. The second-order valence-corrected chi connectivity index (χ2v) is 10.4. The molecule has 0 spiro atoms. The Morgan fingerprint density at radius 3 is 2.44 bits per heavy atom. The van der Waals surface area contributed by atoms with Crippen LogP contribution in [0.3, 0.4) is 0 Å². The minimum absolute atomic E-state index is 0.00200. The van der Waals surface area contributed by atoms with Gasteiger partial charge in [-0.05, 0) is 84.4 Å². The van der Waals surface area contributed by atoms with Crippen LogP contribution in [0.1, 0.15) is 22.5 Å². The Morgan fingerprint density at radius 2 is 1.73 bits per heavy atom. The monoisotopic (exact) mass is 579 g/mol. The number of nitrogens with zero attached hydrogens (tertiary/aromatic N) is 2. The van der Waals surface area contributed by atoms with Crippen LogP contribution in [-0.4, -0.2) is 40.2 Å². The highest BCUT2D eigenvalue weighted by Crippen LogP contribution is 2.36. The van der Waals surface area contributed by atoms with Gasteiger partial charge in [0, 0.05) is 17.1 Å². The third-order valence-corrected chi connectivity index (χ3v) is 7.63. The number of methoxy groups -OCH3 is 1. The molecule has 0 unspecified atom stereocenters. The molecule has 7 nitrogen and oxygen atoms in total. The van der Waals surface area contributed by atoms with Crippen molar-refractivity contribution in [3.8, 4) is 11.4 Å². The summed E-state index contributed by atoms with van der Waals surface area (Å²) in [5, 5.41) is 3.86. The highest BCUT2D eigenvalue weighted by molar-refractivity contribution is 8.18. The largest absolute Gasteiger partial charge is 0.495 e. The molecule has 0 radical (unpaired) electrons. The molecule has 1 fully saturated rings. The molecule has 5 rings (SSSR count). The lowest BCUT2D eigenvalue weighted by molar-refractivity contribution is -0.137. The number of ether oxygens (including phenoxy) is 1. The predicted molar refractivity (Wildman–Crippen MR) is 152 cm³/mol. The zero-order valence-corrected chi connectivity index (χ0v) is 23.0. The summed E-state index contributed by atoms with van der Waals surface area (Å²) in [6.07, 6.45) is -3.02. The number of halogens is 3. The first-order valence-corrected chi connectivity index (χ1v) is 13.3. The Morgan fingerprint density at radius 1 is 1.00 bits per heavy atom. The molecule has 0 bridgehead atoms. The molecule has 41 heavy (non-hydrogen) atoms. The van der Waals surface area contributed by atoms with Crippen molar-refractivity contribution in [3.05, 3.63) is 94.1 Å². The number of imide groups is 1. The third-order valence-electron chi connectivity index (χ3n) is 6.72. The maximum atomic E-state index is 13.1. The van der Waals surface area contributed by atoms with Gasteiger partial charge in [-0.25, -0.2) is 0 Å². The molecule has 210 valence electrons. The number of hydrogen-bond acceptors (Lipinski definition) is 5. The van der Waals surface area contributed by atoms with Crippen LogP contribution in [0.25, 0.3) is 22.5 Å². The lowest BCUT2D eigenvalue weighted by atomic mass is 10.1. The first-order valence-electron chi connectivity index (χ1n) is 12.4. The standard InChI is InChI=1S/C30H24F3N3O4S/c1-17-12-21(18(2)36(17)23-10-8-19-6-4-5-7-20(19)13-23)14-26-28(38)35(29(39)41-26)16-27(37)34-24-15-22(30(31,32)33)9-11-25(24)40-3/h4-15H,16H2,1-3H3,(H,34,37)/b26-14-. The van der Waals surface area contributed by atoms with Gasteiger partial charge in [-0.3, -0.25) is 19.3 Å². The van der Waals surface area contributed by atoms with E-state index in [1.165, 1.54) is 7.11 Å². The second kappa shape index (κ2) is 10.8. The topological polar surface area (TPSA) is 80.6 Å². The summed E-state index contributed by atoms with van der Waals surface area (Å²) in [4.78, 5) is 39.3. The van der Waals surface area contributed by atoms with E-state index in [2.05, 4.69) is 16.0 Å². The molecule has 1 aromatic heterocycles. The number of carbonyl (C=O) groups excluding carboxylic acids is 3. The lowest BCUT2D eigenvalue weighted by Crippen LogP contribution is -2.36. The summed E-state index contributed by atoms with van der Waals surface area (Å²) in [6.45, 7) is 3.18. The van der Waals surface area contributed by atoms with Crippen LogP contribution >= 0.6 is 11.8 Å². The first-order chi connectivity index (χ1) is 19.5. The summed E-state index contributed by atoms with van der Waals surface area (Å²) >= 11 is 0.696. The van der Waals surface area contributed by atoms with Crippen LogP contribution in [0.5, 0.6) is 5.75 Å². The van der Waals surface area contributed by atoms with Crippen LogP contribution in [-0.2, 0) is 15.8 Å². The molecule has 3 aromatic carbocycles. The van der Waals surface area contributed by atoms with E-state index in [1.54, 1.807) is 6.08 Å². The molecule has 1 saturated heterocycles. The molecular formula is C30H24F3N3O4S. The minimum Gasteiger partial charge on any atom is -0.495 e. The maximum absolute atomic E-state index is 13.1. The summed E-state index contributed by atoms with van der Waals surface area (Å²) in [6, 6.07) is 18.7. The number of alkyl halides is 3. The van der Waals surface area contributed by atoms with Crippen LogP contribution in [0.4, 0.5) is 23.7 Å². The fraction of sp³-hybridized carbons (Fsp3) is 0.167. The van der Waals surface area contributed by atoms with Gasteiger partial charge in [0.1, 0.15) is 12.3 Å². The molecule has 1 aliphatic rings. The first kappa shape index (κ1) is 28.0. The van der Waals surface area contributed by atoms with Gasteiger partial charge in [0.25, 0.3) is 11.1 Å². The van der Waals surface area contributed by atoms with E-state index in [1.807, 2.05) is 56.3 Å². The van der Waals surface area contributed by atoms with Gasteiger partial charge < -0.3 is 14.6 Å². The number of aromatic nitrogens is 1. The highest BCUT2D eigenvalue weighted by atomic mass is 32.2. The number of rotatable bonds is 6. The van der Waals surface area contributed by atoms with Crippen molar-refractivity contribution in [2.24, 2.45) is 0 Å². The number of nitrogens with one attached hydrogen (secondary N) is 1. The van der Waals surface area contributed by atoms with Gasteiger partial charge in [0.2, 0.25) is 5.91 Å². The Kier molecular flexibility index (Phi) is 7.39. The van der Waals surface area contributed by atoms with Gasteiger partial charge in [-0.15, -0.1) is 0 Å². The van der Waals surface area contributed by atoms with Crippen LogP contribution in [0.15, 0.2) is 71.6 Å². The Balaban J connectivity index is 1.35. The number of hydrogen-bond donors (Lipinski definition) is 1. The number of fused-ring (bicyclic) bond motifs is 1. The molecule has 11 heteroatoms. The average Bonchev–Trinajstić information content (AvgIpc) is 3.36. The van der Waals surface area contributed by atoms with E-state index in [-0.39, 0.29) is 16.3 Å². The van der Waals surface area contributed by atoms with Crippen molar-refractivity contribution in [2.45, 2.75) is 20.0 Å². The fourth-order valence-corrected chi connectivity index (χ4v) is 5.57. The van der Waals surface area contributed by atoms with E-state index in [0.717, 1.165) is 56.5 Å². The molecule has 1 aliphatic heterocycles. The zero-order chi connectivity index (χ0) is 29.5. The number of benzene rings is 3. The molecular weight excluding hydrogens is 555 g/mol. The number of thioether (sulfide) groups is 1.